The summed E-state index contributed by atoms with van der Waals surface area (Å²) in [6.07, 6.45) is 9.69. The highest BCUT2D eigenvalue weighted by Gasteiger charge is 2.34. The van der Waals surface area contributed by atoms with Crippen LogP contribution in [0.4, 0.5) is 0 Å². The highest BCUT2D eigenvalue weighted by atomic mass is 16.2. The van der Waals surface area contributed by atoms with Crippen LogP contribution in [0.25, 0.3) is 0 Å². The van der Waals surface area contributed by atoms with Gasteiger partial charge in [-0.15, -0.1) is 24.7 Å². The van der Waals surface area contributed by atoms with E-state index in [9.17, 15) is 19.2 Å². The molecular weight excluding hydrogens is 512 g/mol. The Kier molecular flexibility index (Phi) is 29.7. The van der Waals surface area contributed by atoms with Crippen LogP contribution in [0.1, 0.15) is 137 Å². The molecule has 6 nitrogen and oxygen atoms in total. The van der Waals surface area contributed by atoms with Crippen LogP contribution in [0.5, 0.6) is 0 Å². The molecule has 0 atom stereocenters. The van der Waals surface area contributed by atoms with Crippen molar-refractivity contribution in [3.05, 3.63) is 69.8 Å². The number of rotatable bonds is 2. The molecule has 6 heteroatoms. The van der Waals surface area contributed by atoms with Gasteiger partial charge in [-0.25, -0.2) is 0 Å². The maximum atomic E-state index is 12.1. The number of fused-ring (bicyclic) bond motifs is 2. The van der Waals surface area contributed by atoms with E-state index in [4.69, 9.17) is 0 Å². The third-order valence-electron chi connectivity index (χ3n) is 4.72. The second-order valence-corrected chi connectivity index (χ2v) is 6.85. The normalized spacial score (nSPS) is 10.7. The zero-order chi connectivity index (χ0) is 31.3. The monoisotopic (exact) mass is 566 g/mol. The fraction of sp³-hybridized carbons (Fsp3) is 0.429. The van der Waals surface area contributed by atoms with Crippen molar-refractivity contribution in [2.24, 2.45) is 0 Å². The Morgan fingerprint density at radius 1 is 0.537 bits per heavy atom. The Balaban J connectivity index is -0.000000235. The number of terminal acetylenes is 2. The van der Waals surface area contributed by atoms with Gasteiger partial charge in [0.15, 0.2) is 0 Å². The molecular formula is C35H54N2O4. The molecule has 0 aliphatic carbocycles. The minimum Gasteiger partial charge on any atom is -0.277 e. The lowest BCUT2D eigenvalue weighted by molar-refractivity contribution is 0.0678. The highest BCUT2D eigenvalue weighted by molar-refractivity contribution is 6.22. The minimum atomic E-state index is -0.307. The van der Waals surface area contributed by atoms with Gasteiger partial charge in [0.1, 0.15) is 0 Å². The highest BCUT2D eigenvalue weighted by Crippen LogP contribution is 2.26. The molecule has 2 aliphatic rings. The number of nitrogens with zero attached hydrogens (tertiary/aromatic N) is 2. The summed E-state index contributed by atoms with van der Waals surface area (Å²) in [6, 6.07) is 10.3. The van der Waals surface area contributed by atoms with Gasteiger partial charge >= 0.3 is 0 Å². The van der Waals surface area contributed by atoms with E-state index < -0.39 is 0 Å². The van der Waals surface area contributed by atoms with Crippen LogP contribution in [-0.2, 0) is 6.42 Å². The SMILES string of the molecule is C.C.C#CC.C#CC.CC.CC.CC.CC.CN1C(=O)c2ccc(Cc3ccc4c(c3)C(=O)N(C)C4=O)cc2C1=O. The van der Waals surface area contributed by atoms with Crippen LogP contribution in [0.3, 0.4) is 0 Å². The van der Waals surface area contributed by atoms with Crippen LogP contribution >= 0.6 is 0 Å². The molecule has 0 saturated carbocycles. The maximum absolute atomic E-state index is 12.1. The molecule has 0 unspecified atom stereocenters. The summed E-state index contributed by atoms with van der Waals surface area (Å²) in [5.41, 5.74) is 3.34. The lowest BCUT2D eigenvalue weighted by atomic mass is 9.98. The largest absolute Gasteiger partial charge is 0.277 e. The first-order valence-electron chi connectivity index (χ1n) is 13.4. The first-order valence-corrected chi connectivity index (χ1v) is 13.4. The molecule has 0 fully saturated rings. The van der Waals surface area contributed by atoms with Gasteiger partial charge in [0.2, 0.25) is 0 Å². The summed E-state index contributed by atoms with van der Waals surface area (Å²) in [5.74, 6) is 3.30. The van der Waals surface area contributed by atoms with Crippen LogP contribution in [0.2, 0.25) is 0 Å². The van der Waals surface area contributed by atoms with Crippen molar-refractivity contribution in [1.29, 1.82) is 0 Å². The number of hydrogen-bond donors (Lipinski definition) is 0. The Hall–Kier alpha value is -4.16. The molecule has 2 heterocycles. The number of carbonyl (C=O) groups is 4. The van der Waals surface area contributed by atoms with Crippen molar-refractivity contribution in [2.45, 2.75) is 90.5 Å². The second-order valence-electron chi connectivity index (χ2n) is 6.85. The van der Waals surface area contributed by atoms with Gasteiger partial charge in [-0.05, 0) is 55.7 Å². The van der Waals surface area contributed by atoms with Crippen molar-refractivity contribution in [2.75, 3.05) is 14.1 Å². The molecule has 41 heavy (non-hydrogen) atoms. The van der Waals surface area contributed by atoms with Gasteiger partial charge in [-0.3, -0.25) is 29.0 Å². The molecule has 2 aliphatic heterocycles. The standard InChI is InChI=1S/C19H14N2O4.2C3H4.4C2H6.2CH4/c1-20-16(22)12-5-3-10(8-14(12)18(20)24)7-11-4-6-13-15(9-11)19(25)21(2)17(13)23;2*1-3-2;4*1-2;;/h3-6,8-9H,7H2,1-2H3;2*1H,2H3;4*1-2H3;2*1H4. The number of amides is 4. The number of hydrogen-bond acceptors (Lipinski definition) is 4. The van der Waals surface area contributed by atoms with Crippen LogP contribution in [-0.4, -0.2) is 47.5 Å². The molecule has 0 aromatic heterocycles. The summed E-state index contributed by atoms with van der Waals surface area (Å²) in [4.78, 5) is 50.3. The van der Waals surface area contributed by atoms with Crippen LogP contribution < -0.4 is 0 Å². The molecule has 0 radical (unpaired) electrons. The predicted octanol–water partition coefficient (Wildman–Crippen LogP) is 8.39. The van der Waals surface area contributed by atoms with E-state index in [1.165, 1.54) is 14.1 Å². The van der Waals surface area contributed by atoms with Crippen molar-refractivity contribution in [3.63, 3.8) is 0 Å². The van der Waals surface area contributed by atoms with Gasteiger partial charge in [-0.2, -0.15) is 0 Å². The van der Waals surface area contributed by atoms with E-state index >= 15 is 0 Å². The summed E-state index contributed by atoms with van der Waals surface area (Å²) in [6.45, 7) is 19.3. The second kappa shape index (κ2) is 26.1. The summed E-state index contributed by atoms with van der Waals surface area (Å²) >= 11 is 0. The number of carbonyl (C=O) groups excluding carboxylic acids is 4. The number of benzene rings is 2. The first kappa shape index (κ1) is 46.7. The molecule has 0 spiro atoms. The van der Waals surface area contributed by atoms with Gasteiger partial charge < -0.3 is 0 Å². The molecule has 228 valence electrons. The molecule has 2 aromatic rings. The molecule has 0 saturated heterocycles. The van der Waals surface area contributed by atoms with E-state index in [-0.39, 0.29) is 38.5 Å². The van der Waals surface area contributed by atoms with Crippen molar-refractivity contribution in [1.82, 2.24) is 9.80 Å². The molecule has 0 bridgehead atoms. The van der Waals surface area contributed by atoms with Gasteiger partial charge in [0.25, 0.3) is 23.6 Å². The summed E-state index contributed by atoms with van der Waals surface area (Å²) < 4.78 is 0. The van der Waals surface area contributed by atoms with Crippen LogP contribution in [0, 0.1) is 24.7 Å². The zero-order valence-electron chi connectivity index (χ0n) is 25.9. The van der Waals surface area contributed by atoms with Gasteiger partial charge in [0, 0.05) is 14.1 Å². The lowest BCUT2D eigenvalue weighted by Gasteiger charge is -2.05. The topological polar surface area (TPSA) is 74.8 Å². The van der Waals surface area contributed by atoms with Crippen LogP contribution in [0.15, 0.2) is 36.4 Å². The van der Waals surface area contributed by atoms with Crippen molar-refractivity contribution in [3.8, 4) is 24.7 Å². The lowest BCUT2D eigenvalue weighted by Crippen LogP contribution is -2.24. The maximum Gasteiger partial charge on any atom is 0.261 e. The average Bonchev–Trinajstić information content (AvgIpc) is 3.33. The third kappa shape index (κ3) is 12.3. The van der Waals surface area contributed by atoms with Gasteiger partial charge in [0.05, 0.1) is 22.3 Å². The zero-order valence-corrected chi connectivity index (χ0v) is 25.9. The Morgan fingerprint density at radius 2 is 0.756 bits per heavy atom. The molecule has 0 N–H and O–H groups in total. The summed E-state index contributed by atoms with van der Waals surface area (Å²) in [7, 11) is 2.92. The van der Waals surface area contributed by atoms with E-state index in [0.717, 1.165) is 20.9 Å². The van der Waals surface area contributed by atoms with Gasteiger partial charge in [-0.1, -0.05) is 82.4 Å². The molecule has 4 rings (SSSR count). The quantitative estimate of drug-likeness (QED) is 0.270. The van der Waals surface area contributed by atoms with E-state index in [1.54, 1.807) is 50.2 Å². The third-order valence-corrected chi connectivity index (χ3v) is 4.72. The Morgan fingerprint density at radius 3 is 1.00 bits per heavy atom. The number of imide groups is 2. The van der Waals surface area contributed by atoms with E-state index in [1.807, 2.05) is 55.4 Å². The van der Waals surface area contributed by atoms with E-state index in [0.29, 0.717) is 28.7 Å². The predicted molar refractivity (Wildman–Crippen MR) is 176 cm³/mol. The van der Waals surface area contributed by atoms with E-state index in [2.05, 4.69) is 24.7 Å². The van der Waals surface area contributed by atoms with Crippen molar-refractivity contribution < 1.29 is 19.2 Å². The molecule has 2 aromatic carbocycles. The smallest absolute Gasteiger partial charge is 0.261 e. The fourth-order valence-electron chi connectivity index (χ4n) is 3.27. The molecule has 4 amide bonds. The minimum absolute atomic E-state index is 0. The first-order chi connectivity index (χ1) is 18.7. The Labute approximate surface area is 251 Å². The summed E-state index contributed by atoms with van der Waals surface area (Å²) in [5, 5.41) is 0. The average molecular weight is 567 g/mol. The van der Waals surface area contributed by atoms with Crippen molar-refractivity contribution >= 4 is 23.6 Å². The fourth-order valence-corrected chi connectivity index (χ4v) is 3.27. The Bertz CT molecular complexity index is 1080.